The van der Waals surface area contributed by atoms with Crippen molar-refractivity contribution in [2.45, 2.75) is 6.10 Å². The molecule has 0 aromatic heterocycles. The molecule has 82 valence electrons. The van der Waals surface area contributed by atoms with Crippen LogP contribution in [0, 0.1) is 0 Å². The van der Waals surface area contributed by atoms with Crippen LogP contribution in [-0.4, -0.2) is 36.8 Å². The monoisotopic (exact) mass is 209 g/mol. The Balaban J connectivity index is 2.69. The first-order chi connectivity index (χ1) is 7.15. The van der Waals surface area contributed by atoms with Gasteiger partial charge in [0.15, 0.2) is 0 Å². The molecule has 0 aliphatic rings. The van der Waals surface area contributed by atoms with E-state index in [1.165, 1.54) is 11.9 Å². The number of nitrogens with zero attached hydrogens (tertiary/aromatic N) is 1. The van der Waals surface area contributed by atoms with Crippen LogP contribution in [0.5, 0.6) is 0 Å². The number of benzene rings is 1. The van der Waals surface area contributed by atoms with Crippen molar-refractivity contribution in [3.63, 3.8) is 0 Å². The van der Waals surface area contributed by atoms with Crippen molar-refractivity contribution < 1.29 is 14.6 Å². The van der Waals surface area contributed by atoms with E-state index in [1.54, 1.807) is 7.11 Å². The topological polar surface area (TPSA) is 49.8 Å². The lowest BCUT2D eigenvalue weighted by molar-refractivity contribution is 0.0688. The molecule has 0 saturated heterocycles. The van der Waals surface area contributed by atoms with Gasteiger partial charge in [-0.2, -0.15) is 0 Å². The molecule has 0 fully saturated rings. The molecule has 1 aromatic rings. The first-order valence-corrected chi connectivity index (χ1v) is 4.67. The standard InChI is InChI=1S/C11H15NO3/c1-12(11(13)14)8-10(15-2)9-6-4-3-5-7-9/h3-7,10H,8H2,1-2H3,(H,13,14). The summed E-state index contributed by atoms with van der Waals surface area (Å²) in [5, 5.41) is 8.74. The maximum absolute atomic E-state index is 10.7. The lowest BCUT2D eigenvalue weighted by atomic mass is 10.1. The minimum Gasteiger partial charge on any atom is -0.465 e. The predicted octanol–water partition coefficient (Wildman–Crippen LogP) is 1.98. The van der Waals surface area contributed by atoms with Crippen LogP contribution in [0.15, 0.2) is 30.3 Å². The van der Waals surface area contributed by atoms with Crippen LogP contribution in [0.1, 0.15) is 11.7 Å². The van der Waals surface area contributed by atoms with Gasteiger partial charge in [0, 0.05) is 14.2 Å². The number of hydrogen-bond acceptors (Lipinski definition) is 2. The van der Waals surface area contributed by atoms with E-state index < -0.39 is 6.09 Å². The summed E-state index contributed by atoms with van der Waals surface area (Å²) < 4.78 is 5.25. The Morgan fingerprint density at radius 3 is 2.53 bits per heavy atom. The summed E-state index contributed by atoms with van der Waals surface area (Å²) in [4.78, 5) is 11.9. The molecule has 0 aliphatic carbocycles. The van der Waals surface area contributed by atoms with Crippen molar-refractivity contribution in [1.29, 1.82) is 0 Å². The molecule has 1 atom stereocenters. The van der Waals surface area contributed by atoms with E-state index in [9.17, 15) is 4.79 Å². The van der Waals surface area contributed by atoms with E-state index in [2.05, 4.69) is 0 Å². The zero-order valence-corrected chi connectivity index (χ0v) is 8.88. The second kappa shape index (κ2) is 5.36. The Bertz CT molecular complexity index is 313. The molecule has 0 spiro atoms. The molecule has 0 radical (unpaired) electrons. The minimum absolute atomic E-state index is 0.215. The third kappa shape index (κ3) is 3.25. The van der Waals surface area contributed by atoms with E-state index in [1.807, 2.05) is 30.3 Å². The highest BCUT2D eigenvalue weighted by atomic mass is 16.5. The molecular formula is C11H15NO3. The summed E-state index contributed by atoms with van der Waals surface area (Å²) in [6, 6.07) is 9.56. The zero-order valence-electron chi connectivity index (χ0n) is 8.88. The molecule has 1 aromatic carbocycles. The number of methoxy groups -OCH3 is 1. The maximum atomic E-state index is 10.7. The maximum Gasteiger partial charge on any atom is 0.407 e. The van der Waals surface area contributed by atoms with Gasteiger partial charge in [0.25, 0.3) is 0 Å². The van der Waals surface area contributed by atoms with Crippen LogP contribution >= 0.6 is 0 Å². The molecule has 0 bridgehead atoms. The third-order valence-corrected chi connectivity index (χ3v) is 2.22. The largest absolute Gasteiger partial charge is 0.465 e. The predicted molar refractivity (Wildman–Crippen MR) is 56.8 cm³/mol. The quantitative estimate of drug-likeness (QED) is 0.824. The lowest BCUT2D eigenvalue weighted by Crippen LogP contribution is -2.30. The van der Waals surface area contributed by atoms with E-state index in [-0.39, 0.29) is 6.10 Å². The fourth-order valence-electron chi connectivity index (χ4n) is 1.31. The van der Waals surface area contributed by atoms with Gasteiger partial charge >= 0.3 is 6.09 Å². The number of carbonyl (C=O) groups is 1. The summed E-state index contributed by atoms with van der Waals surface area (Å²) >= 11 is 0. The molecule has 1 N–H and O–H groups in total. The molecule has 15 heavy (non-hydrogen) atoms. The highest BCUT2D eigenvalue weighted by Gasteiger charge is 2.15. The molecule has 0 heterocycles. The number of rotatable bonds is 4. The number of hydrogen-bond donors (Lipinski definition) is 1. The van der Waals surface area contributed by atoms with Gasteiger partial charge in [-0.05, 0) is 5.56 Å². The average molecular weight is 209 g/mol. The summed E-state index contributed by atoms with van der Waals surface area (Å²) in [5.41, 5.74) is 0.980. The summed E-state index contributed by atoms with van der Waals surface area (Å²) in [7, 11) is 3.10. The number of amides is 1. The van der Waals surface area contributed by atoms with Crippen LogP contribution < -0.4 is 0 Å². The number of ether oxygens (including phenoxy) is 1. The van der Waals surface area contributed by atoms with Gasteiger partial charge < -0.3 is 14.7 Å². The lowest BCUT2D eigenvalue weighted by Gasteiger charge is -2.21. The first kappa shape index (κ1) is 11.5. The van der Waals surface area contributed by atoms with Crippen molar-refractivity contribution in [1.82, 2.24) is 4.90 Å². The second-order valence-corrected chi connectivity index (χ2v) is 3.30. The Hall–Kier alpha value is -1.55. The summed E-state index contributed by atoms with van der Waals surface area (Å²) in [6.45, 7) is 0.329. The molecule has 1 amide bonds. The fraction of sp³-hybridized carbons (Fsp3) is 0.364. The van der Waals surface area contributed by atoms with Crippen LogP contribution in [0.2, 0.25) is 0 Å². The van der Waals surface area contributed by atoms with Crippen molar-refractivity contribution in [3.8, 4) is 0 Å². The molecule has 0 saturated carbocycles. The van der Waals surface area contributed by atoms with Crippen molar-refractivity contribution >= 4 is 6.09 Å². The van der Waals surface area contributed by atoms with Gasteiger partial charge in [0.1, 0.15) is 0 Å². The number of carboxylic acid groups (broad SMARTS) is 1. The molecular weight excluding hydrogens is 194 g/mol. The van der Waals surface area contributed by atoms with Crippen LogP contribution in [-0.2, 0) is 4.74 Å². The smallest absolute Gasteiger partial charge is 0.407 e. The van der Waals surface area contributed by atoms with Crippen molar-refractivity contribution in [2.24, 2.45) is 0 Å². The Morgan fingerprint density at radius 2 is 2.07 bits per heavy atom. The van der Waals surface area contributed by atoms with Gasteiger partial charge in [-0.1, -0.05) is 30.3 Å². The molecule has 1 rings (SSSR count). The van der Waals surface area contributed by atoms with E-state index in [4.69, 9.17) is 9.84 Å². The third-order valence-electron chi connectivity index (χ3n) is 2.22. The van der Waals surface area contributed by atoms with Gasteiger partial charge in [0.2, 0.25) is 0 Å². The van der Waals surface area contributed by atoms with Crippen molar-refractivity contribution in [2.75, 3.05) is 20.7 Å². The normalized spacial score (nSPS) is 12.1. The second-order valence-electron chi connectivity index (χ2n) is 3.30. The van der Waals surface area contributed by atoms with E-state index in [0.29, 0.717) is 6.54 Å². The fourth-order valence-corrected chi connectivity index (χ4v) is 1.31. The van der Waals surface area contributed by atoms with E-state index in [0.717, 1.165) is 5.56 Å². The average Bonchev–Trinajstić information content (AvgIpc) is 2.26. The Morgan fingerprint density at radius 1 is 1.47 bits per heavy atom. The molecule has 1 unspecified atom stereocenters. The van der Waals surface area contributed by atoms with Crippen LogP contribution in [0.3, 0.4) is 0 Å². The van der Waals surface area contributed by atoms with E-state index >= 15 is 0 Å². The number of likely N-dealkylation sites (N-methyl/N-ethyl adjacent to an activating group) is 1. The van der Waals surface area contributed by atoms with Gasteiger partial charge in [-0.3, -0.25) is 0 Å². The van der Waals surface area contributed by atoms with Gasteiger partial charge in [0.05, 0.1) is 12.6 Å². The van der Waals surface area contributed by atoms with Crippen molar-refractivity contribution in [3.05, 3.63) is 35.9 Å². The molecule has 0 aliphatic heterocycles. The summed E-state index contributed by atoms with van der Waals surface area (Å²) in [5.74, 6) is 0. The highest BCUT2D eigenvalue weighted by Crippen LogP contribution is 2.16. The summed E-state index contributed by atoms with van der Waals surface area (Å²) in [6.07, 6.45) is -1.17. The minimum atomic E-state index is -0.951. The highest BCUT2D eigenvalue weighted by molar-refractivity contribution is 5.64. The SMILES string of the molecule is COC(CN(C)C(=O)O)c1ccccc1. The van der Waals surface area contributed by atoms with Gasteiger partial charge in [-0.15, -0.1) is 0 Å². The zero-order chi connectivity index (χ0) is 11.3. The Labute approximate surface area is 89.1 Å². The van der Waals surface area contributed by atoms with Gasteiger partial charge in [-0.25, -0.2) is 4.79 Å². The van der Waals surface area contributed by atoms with Crippen LogP contribution in [0.4, 0.5) is 4.79 Å². The van der Waals surface area contributed by atoms with Crippen LogP contribution in [0.25, 0.3) is 0 Å². The molecule has 4 nitrogen and oxygen atoms in total. The Kier molecular flexibility index (Phi) is 4.12. The molecule has 4 heteroatoms. The first-order valence-electron chi connectivity index (χ1n) is 4.67.